The number of rotatable bonds is 5. The first kappa shape index (κ1) is 21.4. The van der Waals surface area contributed by atoms with Gasteiger partial charge in [0.1, 0.15) is 11.5 Å². The molecule has 2 aliphatic heterocycles. The number of hydrogen-bond donors (Lipinski definition) is 2. The number of aromatic hydroxyl groups is 2. The van der Waals surface area contributed by atoms with Gasteiger partial charge in [-0.05, 0) is 36.3 Å². The quantitative estimate of drug-likeness (QED) is 0.756. The van der Waals surface area contributed by atoms with Gasteiger partial charge in [0, 0.05) is 50.6 Å². The van der Waals surface area contributed by atoms with Crippen LogP contribution >= 0.6 is 0 Å². The number of benzene rings is 1. The van der Waals surface area contributed by atoms with Gasteiger partial charge in [-0.15, -0.1) is 0 Å². The van der Waals surface area contributed by atoms with Crippen LogP contribution < -0.4 is 4.74 Å². The minimum absolute atomic E-state index is 0.00489. The van der Waals surface area contributed by atoms with Crippen molar-refractivity contribution in [2.24, 2.45) is 5.92 Å². The molecule has 0 atom stereocenters. The van der Waals surface area contributed by atoms with Gasteiger partial charge in [0.15, 0.2) is 0 Å². The van der Waals surface area contributed by atoms with Crippen LogP contribution in [-0.2, 0) is 17.7 Å². The zero-order valence-electron chi connectivity index (χ0n) is 18.0. The summed E-state index contributed by atoms with van der Waals surface area (Å²) in [5.74, 6) is 0.00262. The molecule has 2 N–H and O–H groups in total. The Kier molecular flexibility index (Phi) is 6.27. The van der Waals surface area contributed by atoms with Crippen molar-refractivity contribution in [1.29, 1.82) is 0 Å². The average Bonchev–Trinajstić information content (AvgIpc) is 2.77. The SMILES string of the molecule is CC(C)c1cc(C(=O)N2CCc3nc(OCC4CCOCC4)ncc3C2)c(O)cc1O. The second kappa shape index (κ2) is 9.09. The van der Waals surface area contributed by atoms with E-state index in [1.54, 1.807) is 17.2 Å². The number of phenolic OH excluding ortho intramolecular Hbond substituents is 2. The van der Waals surface area contributed by atoms with E-state index in [-0.39, 0.29) is 28.9 Å². The number of ether oxygens (including phenoxy) is 2. The predicted molar refractivity (Wildman–Crippen MR) is 113 cm³/mol. The number of aromatic nitrogens is 2. The molecule has 0 saturated carbocycles. The molecule has 166 valence electrons. The number of hydrogen-bond acceptors (Lipinski definition) is 7. The molecule has 1 aromatic heterocycles. The van der Waals surface area contributed by atoms with Crippen LogP contribution in [0.25, 0.3) is 0 Å². The van der Waals surface area contributed by atoms with Crippen molar-refractivity contribution in [3.63, 3.8) is 0 Å². The maximum Gasteiger partial charge on any atom is 0.316 e. The van der Waals surface area contributed by atoms with E-state index < -0.39 is 0 Å². The molecule has 3 heterocycles. The van der Waals surface area contributed by atoms with Gasteiger partial charge in [0.25, 0.3) is 5.91 Å². The summed E-state index contributed by atoms with van der Waals surface area (Å²) in [6.45, 7) is 6.85. The van der Waals surface area contributed by atoms with Crippen molar-refractivity contribution in [2.75, 3.05) is 26.4 Å². The van der Waals surface area contributed by atoms with Crippen molar-refractivity contribution >= 4 is 5.91 Å². The van der Waals surface area contributed by atoms with E-state index in [0.29, 0.717) is 43.6 Å². The number of fused-ring (bicyclic) bond motifs is 1. The smallest absolute Gasteiger partial charge is 0.316 e. The molecule has 4 rings (SSSR count). The fraction of sp³-hybridized carbons (Fsp3) is 0.522. The second-order valence-corrected chi connectivity index (χ2v) is 8.55. The monoisotopic (exact) mass is 427 g/mol. The molecule has 0 bridgehead atoms. The lowest BCUT2D eigenvalue weighted by Crippen LogP contribution is -2.36. The van der Waals surface area contributed by atoms with Crippen LogP contribution in [0.2, 0.25) is 0 Å². The summed E-state index contributed by atoms with van der Waals surface area (Å²) in [6, 6.07) is 3.20. The Balaban J connectivity index is 1.44. The summed E-state index contributed by atoms with van der Waals surface area (Å²) < 4.78 is 11.2. The molecule has 0 aliphatic carbocycles. The molecule has 8 nitrogen and oxygen atoms in total. The lowest BCUT2D eigenvalue weighted by Gasteiger charge is -2.29. The molecule has 2 aromatic rings. The van der Waals surface area contributed by atoms with Gasteiger partial charge in [0.05, 0.1) is 17.9 Å². The Morgan fingerprint density at radius 3 is 2.77 bits per heavy atom. The summed E-state index contributed by atoms with van der Waals surface area (Å²) in [4.78, 5) is 23.6. The highest BCUT2D eigenvalue weighted by Crippen LogP contribution is 2.33. The van der Waals surface area contributed by atoms with Crippen LogP contribution in [-0.4, -0.2) is 57.4 Å². The van der Waals surface area contributed by atoms with Gasteiger partial charge in [-0.25, -0.2) is 4.98 Å². The maximum absolute atomic E-state index is 13.1. The summed E-state index contributed by atoms with van der Waals surface area (Å²) >= 11 is 0. The van der Waals surface area contributed by atoms with E-state index in [0.717, 1.165) is 37.3 Å². The molecule has 31 heavy (non-hydrogen) atoms. The van der Waals surface area contributed by atoms with Gasteiger partial charge in [0.2, 0.25) is 0 Å². The molecule has 0 spiro atoms. The standard InChI is InChI=1S/C23H29N3O5/c1-14(2)17-9-18(21(28)10-20(17)27)22(29)26-6-3-19-16(12-26)11-24-23(25-19)31-13-15-4-7-30-8-5-15/h9-11,14-15,27-28H,3-8,12-13H2,1-2H3. The third-order valence-electron chi connectivity index (χ3n) is 5.99. The normalized spacial score (nSPS) is 16.9. The van der Waals surface area contributed by atoms with E-state index in [1.165, 1.54) is 6.07 Å². The third kappa shape index (κ3) is 4.74. The molecule has 1 saturated heterocycles. The number of carbonyl (C=O) groups is 1. The van der Waals surface area contributed by atoms with E-state index in [1.807, 2.05) is 13.8 Å². The van der Waals surface area contributed by atoms with Crippen molar-refractivity contribution in [1.82, 2.24) is 14.9 Å². The molecule has 1 fully saturated rings. The summed E-state index contributed by atoms with van der Waals surface area (Å²) in [7, 11) is 0. The zero-order valence-corrected chi connectivity index (χ0v) is 18.0. The van der Waals surface area contributed by atoms with E-state index >= 15 is 0 Å². The topological polar surface area (TPSA) is 105 Å². The van der Waals surface area contributed by atoms with Crippen molar-refractivity contribution < 1.29 is 24.5 Å². The number of phenols is 2. The fourth-order valence-corrected chi connectivity index (χ4v) is 4.04. The number of nitrogens with zero attached hydrogens (tertiary/aromatic N) is 3. The first-order valence-corrected chi connectivity index (χ1v) is 10.8. The highest BCUT2D eigenvalue weighted by molar-refractivity contribution is 5.97. The van der Waals surface area contributed by atoms with Crippen LogP contribution in [0.4, 0.5) is 0 Å². The van der Waals surface area contributed by atoms with Crippen molar-refractivity contribution in [2.45, 2.75) is 45.6 Å². The van der Waals surface area contributed by atoms with Crippen LogP contribution in [0.5, 0.6) is 17.5 Å². The maximum atomic E-state index is 13.1. The minimum Gasteiger partial charge on any atom is -0.508 e. The minimum atomic E-state index is -0.273. The largest absolute Gasteiger partial charge is 0.508 e. The van der Waals surface area contributed by atoms with Gasteiger partial charge in [-0.3, -0.25) is 4.79 Å². The predicted octanol–water partition coefficient (Wildman–Crippen LogP) is 3.02. The number of amides is 1. The summed E-state index contributed by atoms with van der Waals surface area (Å²) in [5.41, 5.74) is 2.59. The Morgan fingerprint density at radius 1 is 1.26 bits per heavy atom. The van der Waals surface area contributed by atoms with Crippen molar-refractivity contribution in [3.8, 4) is 17.5 Å². The first-order valence-electron chi connectivity index (χ1n) is 10.8. The Hall–Kier alpha value is -2.87. The summed E-state index contributed by atoms with van der Waals surface area (Å²) in [6.07, 6.45) is 4.29. The molecule has 1 amide bonds. The Bertz CT molecular complexity index is 956. The van der Waals surface area contributed by atoms with Crippen LogP contribution in [0.1, 0.15) is 59.8 Å². The molecular weight excluding hydrogens is 398 g/mol. The number of carbonyl (C=O) groups excluding carboxylic acids is 1. The fourth-order valence-electron chi connectivity index (χ4n) is 4.04. The van der Waals surface area contributed by atoms with Gasteiger partial charge < -0.3 is 24.6 Å². The van der Waals surface area contributed by atoms with E-state index in [2.05, 4.69) is 9.97 Å². The van der Waals surface area contributed by atoms with Crippen LogP contribution in [0.3, 0.4) is 0 Å². The van der Waals surface area contributed by atoms with Gasteiger partial charge in [-0.2, -0.15) is 4.98 Å². The highest BCUT2D eigenvalue weighted by atomic mass is 16.5. The van der Waals surface area contributed by atoms with E-state index in [4.69, 9.17) is 9.47 Å². The molecule has 0 radical (unpaired) electrons. The molecule has 2 aliphatic rings. The van der Waals surface area contributed by atoms with Gasteiger partial charge >= 0.3 is 6.01 Å². The molecule has 0 unspecified atom stereocenters. The second-order valence-electron chi connectivity index (χ2n) is 8.55. The Labute approximate surface area is 181 Å². The first-order chi connectivity index (χ1) is 14.9. The van der Waals surface area contributed by atoms with Crippen LogP contribution in [0.15, 0.2) is 18.3 Å². The lowest BCUT2D eigenvalue weighted by molar-refractivity contribution is 0.0481. The van der Waals surface area contributed by atoms with E-state index in [9.17, 15) is 15.0 Å². The highest BCUT2D eigenvalue weighted by Gasteiger charge is 2.26. The molecule has 1 aromatic carbocycles. The zero-order chi connectivity index (χ0) is 22.0. The van der Waals surface area contributed by atoms with Crippen molar-refractivity contribution in [3.05, 3.63) is 40.7 Å². The van der Waals surface area contributed by atoms with Crippen LogP contribution in [0, 0.1) is 5.92 Å². The van der Waals surface area contributed by atoms with Gasteiger partial charge in [-0.1, -0.05) is 13.8 Å². The lowest BCUT2D eigenvalue weighted by atomic mass is 9.97. The average molecular weight is 428 g/mol. The summed E-state index contributed by atoms with van der Waals surface area (Å²) in [5, 5.41) is 20.3. The molecular formula is C23H29N3O5. The Morgan fingerprint density at radius 2 is 2.03 bits per heavy atom. The third-order valence-corrected chi connectivity index (χ3v) is 5.99. The molecule has 8 heteroatoms.